The Labute approximate surface area is 210 Å². The average Bonchev–Trinajstić information content (AvgIpc) is 3.26. The molecule has 0 atom stereocenters. The van der Waals surface area contributed by atoms with Crippen LogP contribution in [0.1, 0.15) is 34.5 Å². The summed E-state index contributed by atoms with van der Waals surface area (Å²) in [5.41, 5.74) is 3.94. The molecule has 9 heteroatoms. The highest BCUT2D eigenvalue weighted by Gasteiger charge is 2.24. The maximum absolute atomic E-state index is 13.0. The first-order chi connectivity index (χ1) is 16.9. The van der Waals surface area contributed by atoms with Crippen LogP contribution in [0, 0.1) is 18.3 Å². The standard InChI is InChI=1S/C26H29ClN6O2/c1-18-24(17-29-33(18)23-6-3-20(27)4-7-23)26(35)30-21-5-8-25(19(15-21)16-28)32-11-9-22(10-12-32)31(2)13-14-34/h3-8,15,17,22,34H,9-14H2,1-2H3,(H,30,35). The highest BCUT2D eigenvalue weighted by molar-refractivity contribution is 6.30. The molecule has 3 aromatic rings. The Morgan fingerprint density at radius 2 is 1.97 bits per heavy atom. The Hall–Kier alpha value is -3.38. The molecule has 1 aliphatic heterocycles. The molecule has 0 spiro atoms. The van der Waals surface area contributed by atoms with Crippen molar-refractivity contribution in [2.45, 2.75) is 25.8 Å². The highest BCUT2D eigenvalue weighted by Crippen LogP contribution is 2.28. The van der Waals surface area contributed by atoms with Crippen molar-refractivity contribution in [3.8, 4) is 11.8 Å². The average molecular weight is 493 g/mol. The van der Waals surface area contributed by atoms with E-state index in [-0.39, 0.29) is 12.5 Å². The molecule has 1 aromatic heterocycles. The molecule has 4 rings (SSSR count). The van der Waals surface area contributed by atoms with E-state index < -0.39 is 0 Å². The number of carbonyl (C=O) groups excluding carboxylic acids is 1. The number of aromatic nitrogens is 2. The summed E-state index contributed by atoms with van der Waals surface area (Å²) in [7, 11) is 2.04. The minimum atomic E-state index is -0.285. The Morgan fingerprint density at radius 3 is 2.63 bits per heavy atom. The number of nitrogens with zero attached hydrogens (tertiary/aromatic N) is 5. The lowest BCUT2D eigenvalue weighted by atomic mass is 10.0. The van der Waals surface area contributed by atoms with Crippen LogP contribution in [0.25, 0.3) is 5.69 Å². The van der Waals surface area contributed by atoms with Crippen LogP contribution in [-0.2, 0) is 0 Å². The van der Waals surface area contributed by atoms with Gasteiger partial charge in [-0.15, -0.1) is 0 Å². The van der Waals surface area contributed by atoms with Crippen molar-refractivity contribution in [1.29, 1.82) is 5.26 Å². The van der Waals surface area contributed by atoms with Crippen LogP contribution in [0.4, 0.5) is 11.4 Å². The Bertz CT molecular complexity index is 1230. The van der Waals surface area contributed by atoms with Gasteiger partial charge in [0.25, 0.3) is 5.91 Å². The molecule has 1 aliphatic rings. The predicted octanol–water partition coefficient (Wildman–Crippen LogP) is 3.85. The number of likely N-dealkylation sites (N-methyl/N-ethyl adjacent to an activating group) is 1. The van der Waals surface area contributed by atoms with Gasteiger partial charge >= 0.3 is 0 Å². The number of carbonyl (C=O) groups is 1. The van der Waals surface area contributed by atoms with E-state index >= 15 is 0 Å². The number of aliphatic hydroxyl groups excluding tert-OH is 1. The van der Waals surface area contributed by atoms with Crippen molar-refractivity contribution in [2.75, 3.05) is 43.5 Å². The summed E-state index contributed by atoms with van der Waals surface area (Å²) in [5.74, 6) is -0.285. The fourth-order valence-electron chi connectivity index (χ4n) is 4.54. The molecule has 1 fully saturated rings. The van der Waals surface area contributed by atoms with Crippen LogP contribution in [0.3, 0.4) is 0 Å². The Morgan fingerprint density at radius 1 is 1.26 bits per heavy atom. The second-order valence-corrected chi connectivity index (χ2v) is 9.19. The molecular weight excluding hydrogens is 464 g/mol. The van der Waals surface area contributed by atoms with Gasteiger partial charge in [0, 0.05) is 36.4 Å². The zero-order valence-corrected chi connectivity index (χ0v) is 20.7. The smallest absolute Gasteiger partial charge is 0.259 e. The number of benzene rings is 2. The minimum absolute atomic E-state index is 0.157. The van der Waals surface area contributed by atoms with Crippen molar-refractivity contribution >= 4 is 28.9 Å². The topological polar surface area (TPSA) is 97.4 Å². The summed E-state index contributed by atoms with van der Waals surface area (Å²) in [6, 6.07) is 15.4. The molecule has 8 nitrogen and oxygen atoms in total. The van der Waals surface area contributed by atoms with Gasteiger partial charge in [-0.3, -0.25) is 4.79 Å². The van der Waals surface area contributed by atoms with Gasteiger partial charge < -0.3 is 20.2 Å². The maximum atomic E-state index is 13.0. The van der Waals surface area contributed by atoms with Gasteiger partial charge in [0.2, 0.25) is 0 Å². The SMILES string of the molecule is Cc1c(C(=O)Nc2ccc(N3CCC(N(C)CCO)CC3)c(C#N)c2)cnn1-c1ccc(Cl)cc1. The van der Waals surface area contributed by atoms with Crippen LogP contribution in [-0.4, -0.2) is 65.0 Å². The predicted molar refractivity (Wildman–Crippen MR) is 137 cm³/mol. The monoisotopic (exact) mass is 492 g/mol. The number of halogens is 1. The third-order valence-electron chi connectivity index (χ3n) is 6.58. The van der Waals surface area contributed by atoms with Crippen LogP contribution in [0.15, 0.2) is 48.7 Å². The second-order valence-electron chi connectivity index (χ2n) is 8.75. The molecule has 2 heterocycles. The van der Waals surface area contributed by atoms with Gasteiger partial charge in [-0.1, -0.05) is 11.6 Å². The summed E-state index contributed by atoms with van der Waals surface area (Å²) < 4.78 is 1.69. The largest absolute Gasteiger partial charge is 0.395 e. The molecule has 1 saturated heterocycles. The van der Waals surface area contributed by atoms with Gasteiger partial charge in [-0.05, 0) is 69.3 Å². The number of piperidine rings is 1. The van der Waals surface area contributed by atoms with Crippen molar-refractivity contribution in [2.24, 2.45) is 0 Å². The molecule has 2 aromatic carbocycles. The zero-order valence-electron chi connectivity index (χ0n) is 19.9. The normalized spacial score (nSPS) is 14.2. The summed E-state index contributed by atoms with van der Waals surface area (Å²) in [4.78, 5) is 17.4. The third kappa shape index (κ3) is 5.49. The molecule has 0 unspecified atom stereocenters. The number of hydrogen-bond acceptors (Lipinski definition) is 6. The lowest BCUT2D eigenvalue weighted by Crippen LogP contribution is -2.44. The van der Waals surface area contributed by atoms with Crippen LogP contribution in [0.5, 0.6) is 0 Å². The number of amides is 1. The van der Waals surface area contributed by atoms with E-state index in [1.165, 1.54) is 6.20 Å². The first-order valence-electron chi connectivity index (χ1n) is 11.6. The van der Waals surface area contributed by atoms with Gasteiger partial charge in [0.15, 0.2) is 0 Å². The quantitative estimate of drug-likeness (QED) is 0.520. The van der Waals surface area contributed by atoms with E-state index in [0.717, 1.165) is 37.3 Å². The van der Waals surface area contributed by atoms with Crippen molar-refractivity contribution in [3.05, 3.63) is 70.5 Å². The Balaban J connectivity index is 1.45. The summed E-state index contributed by atoms with van der Waals surface area (Å²) in [6.07, 6.45) is 3.48. The lowest BCUT2D eigenvalue weighted by molar-refractivity contribution is 0.102. The number of aliphatic hydroxyl groups is 1. The summed E-state index contributed by atoms with van der Waals surface area (Å²) in [6.45, 7) is 4.33. The van der Waals surface area contributed by atoms with E-state index in [2.05, 4.69) is 26.3 Å². The first-order valence-corrected chi connectivity index (χ1v) is 12.0. The van der Waals surface area contributed by atoms with E-state index in [1.54, 1.807) is 22.9 Å². The highest BCUT2D eigenvalue weighted by atomic mass is 35.5. The molecule has 0 radical (unpaired) electrons. The molecule has 0 saturated carbocycles. The van der Waals surface area contributed by atoms with E-state index in [9.17, 15) is 15.2 Å². The summed E-state index contributed by atoms with van der Waals surface area (Å²) in [5, 5.41) is 26.8. The molecule has 182 valence electrons. The van der Waals surface area contributed by atoms with Gasteiger partial charge in [0.1, 0.15) is 6.07 Å². The number of nitrogens with one attached hydrogen (secondary N) is 1. The van der Waals surface area contributed by atoms with E-state index in [4.69, 9.17) is 11.6 Å². The Kier molecular flexibility index (Phi) is 7.71. The number of hydrogen-bond donors (Lipinski definition) is 2. The van der Waals surface area contributed by atoms with Gasteiger partial charge in [-0.25, -0.2) is 4.68 Å². The van der Waals surface area contributed by atoms with Crippen LogP contribution >= 0.6 is 11.6 Å². The number of rotatable bonds is 7. The van der Waals surface area contributed by atoms with Crippen LogP contribution in [0.2, 0.25) is 5.02 Å². The van der Waals surface area contributed by atoms with Gasteiger partial charge in [-0.2, -0.15) is 10.4 Å². The van der Waals surface area contributed by atoms with E-state index in [1.807, 2.05) is 38.2 Å². The fourth-order valence-corrected chi connectivity index (χ4v) is 4.67. The molecule has 2 N–H and O–H groups in total. The third-order valence-corrected chi connectivity index (χ3v) is 6.83. The maximum Gasteiger partial charge on any atom is 0.259 e. The molecule has 1 amide bonds. The van der Waals surface area contributed by atoms with Gasteiger partial charge in [0.05, 0.1) is 41.0 Å². The minimum Gasteiger partial charge on any atom is -0.395 e. The molecule has 0 aliphatic carbocycles. The molecule has 0 bridgehead atoms. The number of nitriles is 1. The van der Waals surface area contributed by atoms with Crippen molar-refractivity contribution in [3.63, 3.8) is 0 Å². The van der Waals surface area contributed by atoms with Crippen molar-refractivity contribution in [1.82, 2.24) is 14.7 Å². The van der Waals surface area contributed by atoms with Crippen molar-refractivity contribution < 1.29 is 9.90 Å². The zero-order chi connectivity index (χ0) is 24.9. The first kappa shape index (κ1) is 24.7. The fraction of sp³-hybridized carbons (Fsp3) is 0.346. The second kappa shape index (κ2) is 10.9. The molecular formula is C26H29ClN6O2. The lowest BCUT2D eigenvalue weighted by Gasteiger charge is -2.38. The number of anilines is 2. The van der Waals surface area contributed by atoms with E-state index in [0.29, 0.717) is 40.1 Å². The van der Waals surface area contributed by atoms with Crippen LogP contribution < -0.4 is 10.2 Å². The molecule has 35 heavy (non-hydrogen) atoms. The summed E-state index contributed by atoms with van der Waals surface area (Å²) >= 11 is 5.97.